The van der Waals surface area contributed by atoms with Crippen LogP contribution in [0.3, 0.4) is 0 Å². The highest BCUT2D eigenvalue weighted by atomic mass is 32.2. The van der Waals surface area contributed by atoms with E-state index in [1.807, 2.05) is 109 Å². The van der Waals surface area contributed by atoms with Crippen molar-refractivity contribution >= 4 is 20.0 Å². The van der Waals surface area contributed by atoms with Crippen LogP contribution in [0.5, 0.6) is 23.0 Å². The number of aryl methyl sites for hydroxylation is 3. The van der Waals surface area contributed by atoms with Crippen LogP contribution in [0.25, 0.3) is 0 Å². The van der Waals surface area contributed by atoms with Crippen molar-refractivity contribution < 1.29 is 35.8 Å². The SMILES string of the molecule is CCn1cc(S(=O)(=O)N(Cc2ccc(OC)cc2)Cc2ccc(OC)cc2)nc1C.COc1ccc(CN(Cc2ccc(OC)cc2)S(=O)(=O)c2cnc(C)[nH]2)cc1. The van der Waals surface area contributed by atoms with E-state index in [-0.39, 0.29) is 36.2 Å². The number of ether oxygens (including phenoxy) is 4. The van der Waals surface area contributed by atoms with Crippen molar-refractivity contribution in [3.05, 3.63) is 143 Å². The Balaban J connectivity index is 0.000000221. The number of aromatic amines is 1. The Morgan fingerprint density at radius 2 is 0.914 bits per heavy atom. The highest BCUT2D eigenvalue weighted by molar-refractivity contribution is 7.89. The molecule has 0 aliphatic heterocycles. The van der Waals surface area contributed by atoms with Crippen LogP contribution in [0, 0.1) is 13.8 Å². The molecule has 6 aromatic rings. The zero-order valence-electron chi connectivity index (χ0n) is 33.7. The second-order valence-electron chi connectivity index (χ2n) is 13.2. The summed E-state index contributed by atoms with van der Waals surface area (Å²) in [6.45, 7) is 7.01. The van der Waals surface area contributed by atoms with Gasteiger partial charge in [-0.25, -0.2) is 26.8 Å². The van der Waals surface area contributed by atoms with Gasteiger partial charge < -0.3 is 28.5 Å². The zero-order chi connectivity index (χ0) is 41.9. The fraction of sp³-hybridized carbons (Fsp3) is 0.286. The predicted molar refractivity (Wildman–Crippen MR) is 221 cm³/mol. The molecule has 0 aliphatic carbocycles. The first kappa shape index (κ1) is 43.4. The van der Waals surface area contributed by atoms with E-state index in [0.717, 1.165) is 45.3 Å². The van der Waals surface area contributed by atoms with E-state index >= 15 is 0 Å². The van der Waals surface area contributed by atoms with Gasteiger partial charge in [0.05, 0.1) is 34.6 Å². The molecule has 58 heavy (non-hydrogen) atoms. The van der Waals surface area contributed by atoms with Gasteiger partial charge in [0.15, 0.2) is 10.1 Å². The Morgan fingerprint density at radius 3 is 1.19 bits per heavy atom. The largest absolute Gasteiger partial charge is 0.497 e. The first-order chi connectivity index (χ1) is 27.8. The van der Waals surface area contributed by atoms with Gasteiger partial charge in [0.1, 0.15) is 34.6 Å². The minimum Gasteiger partial charge on any atom is -0.497 e. The Kier molecular flexibility index (Phi) is 14.7. The third-order valence-corrected chi connectivity index (χ3v) is 12.6. The number of aromatic nitrogens is 4. The van der Waals surface area contributed by atoms with Crippen LogP contribution in [-0.4, -0.2) is 73.4 Å². The quantitative estimate of drug-likeness (QED) is 0.104. The lowest BCUT2D eigenvalue weighted by molar-refractivity contribution is 0.395. The molecule has 0 bridgehead atoms. The van der Waals surface area contributed by atoms with E-state index in [4.69, 9.17) is 18.9 Å². The molecule has 16 heteroatoms. The molecule has 0 unspecified atom stereocenters. The third-order valence-electron chi connectivity index (χ3n) is 9.27. The Bertz CT molecular complexity index is 2330. The molecule has 1 N–H and O–H groups in total. The fourth-order valence-corrected chi connectivity index (χ4v) is 8.70. The van der Waals surface area contributed by atoms with Crippen LogP contribution in [0.2, 0.25) is 0 Å². The first-order valence-corrected chi connectivity index (χ1v) is 21.2. The summed E-state index contributed by atoms with van der Waals surface area (Å²) in [5, 5.41) is 0.135. The molecule has 4 aromatic carbocycles. The molecular weight excluding hydrogens is 781 g/mol. The molecule has 0 aliphatic rings. The molecular formula is C42H50N6O8S2. The molecule has 0 spiro atoms. The monoisotopic (exact) mass is 830 g/mol. The summed E-state index contributed by atoms with van der Waals surface area (Å²) in [6, 6.07) is 29.4. The zero-order valence-corrected chi connectivity index (χ0v) is 35.4. The second kappa shape index (κ2) is 19.7. The molecule has 6 rings (SSSR count). The average molecular weight is 831 g/mol. The standard InChI is InChI=1S/C22H27N3O4S.C20H23N3O4S/c1-5-24-16-22(23-17(24)2)30(26,27)25(14-18-6-10-20(28-3)11-7-18)15-19-8-12-21(29-4)13-9-19;1-15-21-12-20(22-15)28(24,25)23(13-16-4-8-18(26-2)9-5-16)14-17-6-10-19(27-3)11-7-17/h6-13,16H,5,14-15H2,1-4H3;4-12H,13-14H2,1-3H3,(H,21,22). The Morgan fingerprint density at radius 1 is 0.569 bits per heavy atom. The number of nitrogens with one attached hydrogen (secondary N) is 1. The van der Waals surface area contributed by atoms with Gasteiger partial charge in [-0.15, -0.1) is 0 Å². The first-order valence-electron chi connectivity index (χ1n) is 18.4. The fourth-order valence-electron chi connectivity index (χ4n) is 5.91. The molecule has 2 aromatic heterocycles. The summed E-state index contributed by atoms with van der Waals surface area (Å²) in [7, 11) is -1.17. The smallest absolute Gasteiger partial charge is 0.262 e. The van der Waals surface area contributed by atoms with E-state index < -0.39 is 20.0 Å². The topological polar surface area (TPSA) is 158 Å². The number of H-pyrrole nitrogens is 1. The molecule has 0 saturated heterocycles. The van der Waals surface area contributed by atoms with Crippen LogP contribution in [0.15, 0.2) is 120 Å². The minimum atomic E-state index is -3.80. The van der Waals surface area contributed by atoms with Crippen LogP contribution in [0.4, 0.5) is 0 Å². The number of rotatable bonds is 17. The number of hydrogen-bond donors (Lipinski definition) is 1. The lowest BCUT2D eigenvalue weighted by Crippen LogP contribution is -2.30. The van der Waals surface area contributed by atoms with Crippen molar-refractivity contribution in [2.75, 3.05) is 28.4 Å². The maximum absolute atomic E-state index is 13.5. The molecule has 0 radical (unpaired) electrons. The molecule has 14 nitrogen and oxygen atoms in total. The van der Waals surface area contributed by atoms with Crippen LogP contribution >= 0.6 is 0 Å². The number of methoxy groups -OCH3 is 4. The molecule has 0 fully saturated rings. The molecule has 0 saturated carbocycles. The highest BCUT2D eigenvalue weighted by Gasteiger charge is 2.29. The summed E-state index contributed by atoms with van der Waals surface area (Å²) in [4.78, 5) is 11.2. The molecule has 0 atom stereocenters. The van der Waals surface area contributed by atoms with Crippen molar-refractivity contribution in [1.82, 2.24) is 28.1 Å². The van der Waals surface area contributed by atoms with E-state index in [2.05, 4.69) is 15.0 Å². The van der Waals surface area contributed by atoms with E-state index in [9.17, 15) is 16.8 Å². The molecule has 2 heterocycles. The van der Waals surface area contributed by atoms with E-state index in [1.165, 1.54) is 14.8 Å². The summed E-state index contributed by atoms with van der Waals surface area (Å²) in [6.07, 6.45) is 2.94. The van der Waals surface area contributed by atoms with Crippen LogP contribution in [-0.2, 0) is 52.8 Å². The normalized spacial score (nSPS) is 11.6. The van der Waals surface area contributed by atoms with Crippen molar-refractivity contribution in [3.63, 3.8) is 0 Å². The summed E-state index contributed by atoms with van der Waals surface area (Å²) in [5.41, 5.74) is 3.43. The average Bonchev–Trinajstić information content (AvgIpc) is 3.87. The number of benzene rings is 4. The number of sulfonamides is 2. The van der Waals surface area contributed by atoms with Crippen molar-refractivity contribution in [1.29, 1.82) is 0 Å². The number of hydrogen-bond acceptors (Lipinski definition) is 10. The van der Waals surface area contributed by atoms with Gasteiger partial charge in [-0.2, -0.15) is 8.61 Å². The Labute approximate surface area is 341 Å². The van der Waals surface area contributed by atoms with Gasteiger partial charge in [-0.1, -0.05) is 48.5 Å². The van der Waals surface area contributed by atoms with Crippen molar-refractivity contribution in [2.24, 2.45) is 0 Å². The summed E-state index contributed by atoms with van der Waals surface area (Å²) in [5.74, 6) is 4.11. The number of nitrogens with zero attached hydrogens (tertiary/aromatic N) is 5. The van der Waals surface area contributed by atoms with Gasteiger partial charge in [-0.3, -0.25) is 0 Å². The number of imidazole rings is 2. The minimum absolute atomic E-state index is 0.0591. The molecule has 0 amide bonds. The summed E-state index contributed by atoms with van der Waals surface area (Å²) >= 11 is 0. The Hall–Kier alpha value is -5.68. The van der Waals surface area contributed by atoms with Crippen LogP contribution < -0.4 is 18.9 Å². The maximum Gasteiger partial charge on any atom is 0.262 e. The van der Waals surface area contributed by atoms with E-state index in [0.29, 0.717) is 18.2 Å². The molecule has 308 valence electrons. The van der Waals surface area contributed by atoms with Gasteiger partial charge in [0.25, 0.3) is 20.0 Å². The predicted octanol–water partition coefficient (Wildman–Crippen LogP) is 6.75. The van der Waals surface area contributed by atoms with Crippen molar-refractivity contribution in [3.8, 4) is 23.0 Å². The third kappa shape index (κ3) is 11.0. The lowest BCUT2D eigenvalue weighted by Gasteiger charge is -2.22. The second-order valence-corrected chi connectivity index (χ2v) is 17.0. The van der Waals surface area contributed by atoms with Crippen LogP contribution in [0.1, 0.15) is 40.8 Å². The van der Waals surface area contributed by atoms with Crippen molar-refractivity contribution in [2.45, 2.75) is 63.5 Å². The highest BCUT2D eigenvalue weighted by Crippen LogP contribution is 2.25. The maximum atomic E-state index is 13.5. The summed E-state index contributed by atoms with van der Waals surface area (Å²) < 4.78 is 78.8. The van der Waals surface area contributed by atoms with Gasteiger partial charge in [0.2, 0.25) is 0 Å². The van der Waals surface area contributed by atoms with Gasteiger partial charge in [-0.05, 0) is 91.6 Å². The van der Waals surface area contributed by atoms with E-state index in [1.54, 1.807) is 48.5 Å². The van der Waals surface area contributed by atoms with Gasteiger partial charge >= 0.3 is 0 Å². The van der Waals surface area contributed by atoms with Gasteiger partial charge in [0, 0.05) is 38.9 Å². The lowest BCUT2D eigenvalue weighted by atomic mass is 10.2.